The molecule has 0 unspecified atom stereocenters. The normalized spacial score (nSPS) is 10.4. The summed E-state index contributed by atoms with van der Waals surface area (Å²) in [4.78, 5) is 40.6. The maximum Gasteiger partial charge on any atom is 4.00 e. The van der Waals surface area contributed by atoms with Crippen molar-refractivity contribution in [2.24, 2.45) is 0 Å². The second kappa shape index (κ2) is 69.3. The molecule has 384 valence electrons. The number of carbonyl (C=O) groups excluding carboxylic acids is 4. The van der Waals surface area contributed by atoms with E-state index in [9.17, 15) is 39.6 Å². The Morgan fingerprint density at radius 2 is 0.292 bits per heavy atom. The predicted octanol–water partition coefficient (Wildman–Crippen LogP) is 13.7. The Balaban J connectivity index is -0.000000245. The van der Waals surface area contributed by atoms with Crippen LogP contribution in [0.1, 0.15) is 336 Å². The van der Waals surface area contributed by atoms with E-state index >= 15 is 0 Å². The third-order valence-electron chi connectivity index (χ3n) is 11.9. The number of aliphatic carboxylic acids is 4. The van der Waals surface area contributed by atoms with Crippen molar-refractivity contribution in [2.45, 2.75) is 336 Å². The van der Waals surface area contributed by atoms with E-state index in [2.05, 4.69) is 27.7 Å². The van der Waals surface area contributed by atoms with Gasteiger partial charge in [0.1, 0.15) is 0 Å². The van der Waals surface area contributed by atoms with Crippen LogP contribution in [0.3, 0.4) is 0 Å². The Morgan fingerprint density at radius 3 is 0.385 bits per heavy atom. The van der Waals surface area contributed by atoms with E-state index in [4.69, 9.17) is 0 Å². The van der Waals surface area contributed by atoms with Crippen LogP contribution in [0.5, 0.6) is 0 Å². The van der Waals surface area contributed by atoms with Gasteiger partial charge in [-0.3, -0.25) is 0 Å². The summed E-state index contributed by atoms with van der Waals surface area (Å²) in [5, 5.41) is 40.6. The maximum atomic E-state index is 10.1. The van der Waals surface area contributed by atoms with E-state index in [-0.39, 0.29) is 51.9 Å². The molecular weight excluding hydrogens is 892 g/mol. The van der Waals surface area contributed by atoms with Crippen LogP contribution in [0.15, 0.2) is 0 Å². The number of rotatable bonds is 48. The van der Waals surface area contributed by atoms with E-state index in [1.54, 1.807) is 0 Å². The molecule has 0 saturated heterocycles. The quantitative estimate of drug-likeness (QED) is 0.0544. The molecule has 0 radical (unpaired) electrons. The molecule has 0 aliphatic rings. The summed E-state index contributed by atoms with van der Waals surface area (Å²) in [5.74, 6) is -3.63. The van der Waals surface area contributed by atoms with Gasteiger partial charge in [0, 0.05) is 23.9 Å². The third-order valence-corrected chi connectivity index (χ3v) is 11.9. The van der Waals surface area contributed by atoms with E-state index in [1.165, 1.54) is 231 Å². The van der Waals surface area contributed by atoms with Gasteiger partial charge in [-0.15, -0.1) is 0 Å². The first kappa shape index (κ1) is 72.7. The van der Waals surface area contributed by atoms with Crippen LogP contribution in [0.25, 0.3) is 0 Å². The van der Waals surface area contributed by atoms with Crippen LogP contribution in [0, 0.1) is 0 Å². The fourth-order valence-corrected chi connectivity index (χ4v) is 7.73. The van der Waals surface area contributed by atoms with Crippen LogP contribution in [-0.4, -0.2) is 23.9 Å². The minimum Gasteiger partial charge on any atom is -0.550 e. The summed E-state index contributed by atoms with van der Waals surface area (Å²) in [6.07, 6.45) is 56.1. The van der Waals surface area contributed by atoms with Crippen molar-refractivity contribution in [3.8, 4) is 0 Å². The van der Waals surface area contributed by atoms with E-state index in [0.29, 0.717) is 0 Å². The molecule has 0 bridgehead atoms. The summed E-state index contributed by atoms with van der Waals surface area (Å²) >= 11 is 0. The predicted molar refractivity (Wildman–Crippen MR) is 264 cm³/mol. The maximum absolute atomic E-state index is 10.1. The van der Waals surface area contributed by atoms with Crippen LogP contribution >= 0.6 is 0 Å². The van der Waals surface area contributed by atoms with Gasteiger partial charge in [-0.1, -0.05) is 285 Å². The second-order valence-electron chi connectivity index (χ2n) is 18.6. The number of carbonyl (C=O) groups is 4. The van der Waals surface area contributed by atoms with Crippen molar-refractivity contribution < 1.29 is 65.8 Å². The van der Waals surface area contributed by atoms with Crippen molar-refractivity contribution in [1.29, 1.82) is 0 Å². The molecule has 0 aromatic rings. The third kappa shape index (κ3) is 89.9. The summed E-state index contributed by atoms with van der Waals surface area (Å²) in [5.41, 5.74) is 0. The molecule has 0 rings (SSSR count). The molecule has 0 N–H and O–H groups in total. The molecule has 0 atom stereocenters. The van der Waals surface area contributed by atoms with Gasteiger partial charge in [0.15, 0.2) is 0 Å². The standard InChI is InChI=1S/4C14H28O2.Zr/c4*1-2-3-4-5-6-7-8-9-10-11-12-13-14(15)16;/h4*2-13H2,1H3,(H,15,16);/q;;;;+4/p-4. The number of carboxylic acids is 4. The minimum atomic E-state index is -0.907. The molecule has 9 heteroatoms. The summed E-state index contributed by atoms with van der Waals surface area (Å²) in [6, 6.07) is 0. The first-order chi connectivity index (χ1) is 31.1. The largest absolute Gasteiger partial charge is 4.00 e. The monoisotopic (exact) mass is 999 g/mol. The van der Waals surface area contributed by atoms with Crippen LogP contribution in [0.4, 0.5) is 0 Å². The second-order valence-corrected chi connectivity index (χ2v) is 18.6. The minimum absolute atomic E-state index is 0. The molecule has 0 heterocycles. The average molecular weight is 1000 g/mol. The SMILES string of the molecule is CCCCCCCCCCCCCC(=O)[O-].CCCCCCCCCCCCCC(=O)[O-].CCCCCCCCCCCCCC(=O)[O-].CCCCCCCCCCCCCC(=O)[O-].[Zr+4]. The molecule has 0 saturated carbocycles. The number of hydrogen-bond acceptors (Lipinski definition) is 8. The van der Waals surface area contributed by atoms with E-state index in [0.717, 1.165) is 51.4 Å². The van der Waals surface area contributed by atoms with E-state index < -0.39 is 23.9 Å². The van der Waals surface area contributed by atoms with Crippen molar-refractivity contribution in [3.05, 3.63) is 0 Å². The molecular formula is C56H108O8Zr. The van der Waals surface area contributed by atoms with Crippen molar-refractivity contribution in [1.82, 2.24) is 0 Å². The fourth-order valence-electron chi connectivity index (χ4n) is 7.73. The summed E-state index contributed by atoms with van der Waals surface area (Å²) < 4.78 is 0. The summed E-state index contributed by atoms with van der Waals surface area (Å²) in [7, 11) is 0. The Hall–Kier alpha value is -1.24. The number of unbranched alkanes of at least 4 members (excludes halogenated alkanes) is 40. The Kier molecular flexibility index (Phi) is 77.6. The van der Waals surface area contributed by atoms with Gasteiger partial charge in [0.2, 0.25) is 0 Å². The summed E-state index contributed by atoms with van der Waals surface area (Å²) in [6.45, 7) is 8.97. The van der Waals surface area contributed by atoms with Crippen LogP contribution in [0.2, 0.25) is 0 Å². The Bertz CT molecular complexity index is 771. The van der Waals surface area contributed by atoms with Gasteiger partial charge in [0.25, 0.3) is 0 Å². The molecule has 0 aromatic heterocycles. The van der Waals surface area contributed by atoms with Gasteiger partial charge in [0.05, 0.1) is 0 Å². The van der Waals surface area contributed by atoms with Crippen LogP contribution < -0.4 is 20.4 Å². The molecule has 8 nitrogen and oxygen atoms in total. The average Bonchev–Trinajstić information content (AvgIpc) is 3.26. The van der Waals surface area contributed by atoms with Gasteiger partial charge in [-0.25, -0.2) is 0 Å². The van der Waals surface area contributed by atoms with Gasteiger partial charge in [-0.05, 0) is 51.4 Å². The van der Waals surface area contributed by atoms with Crippen molar-refractivity contribution in [2.75, 3.05) is 0 Å². The molecule has 0 aliphatic heterocycles. The molecule has 0 aliphatic carbocycles. The van der Waals surface area contributed by atoms with Gasteiger partial charge < -0.3 is 39.6 Å². The zero-order chi connectivity index (χ0) is 48.3. The van der Waals surface area contributed by atoms with Crippen molar-refractivity contribution in [3.63, 3.8) is 0 Å². The molecule has 0 spiro atoms. The first-order valence-corrected chi connectivity index (χ1v) is 27.9. The molecule has 0 fully saturated rings. The zero-order valence-electron chi connectivity index (χ0n) is 43.7. The first-order valence-electron chi connectivity index (χ1n) is 27.9. The topological polar surface area (TPSA) is 161 Å². The number of carboxylic acid groups (broad SMARTS) is 4. The zero-order valence-corrected chi connectivity index (χ0v) is 46.2. The van der Waals surface area contributed by atoms with Gasteiger partial charge in [-0.2, -0.15) is 0 Å². The van der Waals surface area contributed by atoms with E-state index in [1.807, 2.05) is 0 Å². The van der Waals surface area contributed by atoms with Gasteiger partial charge >= 0.3 is 26.2 Å². The number of hydrogen-bond donors (Lipinski definition) is 0. The van der Waals surface area contributed by atoms with Crippen LogP contribution in [-0.2, 0) is 45.4 Å². The molecule has 0 aromatic carbocycles. The smallest absolute Gasteiger partial charge is 0.550 e. The fraction of sp³-hybridized carbons (Fsp3) is 0.929. The molecule has 0 amide bonds. The molecule has 65 heavy (non-hydrogen) atoms. The Morgan fingerprint density at radius 1 is 0.200 bits per heavy atom. The van der Waals surface area contributed by atoms with Crippen molar-refractivity contribution >= 4 is 23.9 Å². The Labute approximate surface area is 423 Å².